The Labute approximate surface area is 151 Å². The number of nitrogens with zero attached hydrogens (tertiary/aromatic N) is 4. The highest BCUT2D eigenvalue weighted by molar-refractivity contribution is 5.73. The van der Waals surface area contributed by atoms with E-state index >= 15 is 0 Å². The van der Waals surface area contributed by atoms with Crippen LogP contribution in [-0.4, -0.2) is 51.0 Å². The Morgan fingerprint density at radius 1 is 1.12 bits per heavy atom. The van der Waals surface area contributed by atoms with E-state index in [2.05, 4.69) is 30.2 Å². The third-order valence-electron chi connectivity index (χ3n) is 4.63. The van der Waals surface area contributed by atoms with Crippen molar-refractivity contribution in [3.8, 4) is 11.3 Å². The van der Waals surface area contributed by atoms with Gasteiger partial charge in [0.1, 0.15) is 11.2 Å². The Hall–Kier alpha value is -2.80. The van der Waals surface area contributed by atoms with Crippen molar-refractivity contribution in [2.45, 2.75) is 19.3 Å². The molecular weight excluding hydrogens is 328 g/mol. The fourth-order valence-electron chi connectivity index (χ4n) is 3.27. The van der Waals surface area contributed by atoms with Gasteiger partial charge in [0.05, 0.1) is 6.20 Å². The Morgan fingerprint density at radius 3 is 2.73 bits per heavy atom. The fourth-order valence-corrected chi connectivity index (χ4v) is 3.27. The molecule has 1 aliphatic heterocycles. The molecule has 3 heterocycles. The number of hydrogen-bond donors (Lipinski definition) is 2. The average molecular weight is 350 g/mol. The predicted molar refractivity (Wildman–Crippen MR) is 102 cm³/mol. The standard InChI is InChI=1S/C19H22N6O/c26-18-16(14-7-2-1-3-8-14)22-15-13-21-19(24-17(15)23-18)20-9-6-12-25-10-4-5-11-25/h1-3,7-8,13H,4-6,9-12H2,(H2,20,21,23,24,26). The van der Waals surface area contributed by atoms with Gasteiger partial charge in [-0.3, -0.25) is 4.79 Å². The number of rotatable bonds is 6. The zero-order valence-electron chi connectivity index (χ0n) is 14.6. The Balaban J connectivity index is 1.46. The van der Waals surface area contributed by atoms with E-state index in [0.717, 1.165) is 25.1 Å². The number of aromatic amines is 1. The van der Waals surface area contributed by atoms with Crippen LogP contribution < -0.4 is 10.9 Å². The topological polar surface area (TPSA) is 86.8 Å². The van der Waals surface area contributed by atoms with Crippen LogP contribution in [-0.2, 0) is 0 Å². The number of anilines is 1. The lowest BCUT2D eigenvalue weighted by Gasteiger charge is -2.14. The molecule has 1 saturated heterocycles. The molecule has 0 saturated carbocycles. The van der Waals surface area contributed by atoms with Gasteiger partial charge in [0.15, 0.2) is 5.65 Å². The summed E-state index contributed by atoms with van der Waals surface area (Å²) in [6, 6.07) is 9.39. The molecule has 0 amide bonds. The van der Waals surface area contributed by atoms with Crippen LogP contribution in [0.15, 0.2) is 41.3 Å². The summed E-state index contributed by atoms with van der Waals surface area (Å²) < 4.78 is 0. The molecule has 1 aromatic carbocycles. The van der Waals surface area contributed by atoms with Gasteiger partial charge in [0, 0.05) is 12.1 Å². The van der Waals surface area contributed by atoms with Crippen LogP contribution in [0.25, 0.3) is 22.4 Å². The van der Waals surface area contributed by atoms with Crippen LogP contribution in [0.1, 0.15) is 19.3 Å². The highest BCUT2D eigenvalue weighted by Gasteiger charge is 2.11. The molecule has 0 bridgehead atoms. The summed E-state index contributed by atoms with van der Waals surface area (Å²) in [5, 5.41) is 3.23. The quantitative estimate of drug-likeness (QED) is 0.663. The summed E-state index contributed by atoms with van der Waals surface area (Å²) >= 11 is 0. The van der Waals surface area contributed by atoms with Crippen molar-refractivity contribution in [1.29, 1.82) is 0 Å². The van der Waals surface area contributed by atoms with Gasteiger partial charge < -0.3 is 15.2 Å². The lowest BCUT2D eigenvalue weighted by atomic mass is 10.1. The molecule has 2 N–H and O–H groups in total. The highest BCUT2D eigenvalue weighted by Crippen LogP contribution is 2.15. The minimum Gasteiger partial charge on any atom is -0.354 e. The van der Waals surface area contributed by atoms with Crippen molar-refractivity contribution >= 4 is 17.1 Å². The fraction of sp³-hybridized carbons (Fsp3) is 0.368. The molecule has 0 unspecified atom stereocenters. The molecule has 134 valence electrons. The largest absolute Gasteiger partial charge is 0.354 e. The van der Waals surface area contributed by atoms with Crippen LogP contribution >= 0.6 is 0 Å². The molecule has 26 heavy (non-hydrogen) atoms. The summed E-state index contributed by atoms with van der Waals surface area (Å²) in [6.07, 6.45) is 5.32. The second-order valence-corrected chi connectivity index (χ2v) is 6.54. The molecule has 2 aromatic heterocycles. The van der Waals surface area contributed by atoms with Gasteiger partial charge in [-0.25, -0.2) is 9.97 Å². The van der Waals surface area contributed by atoms with Crippen LogP contribution in [0.3, 0.4) is 0 Å². The monoisotopic (exact) mass is 350 g/mol. The maximum Gasteiger partial charge on any atom is 0.276 e. The Bertz CT molecular complexity index is 934. The van der Waals surface area contributed by atoms with E-state index < -0.39 is 0 Å². The first-order valence-electron chi connectivity index (χ1n) is 9.08. The van der Waals surface area contributed by atoms with Gasteiger partial charge >= 0.3 is 0 Å². The van der Waals surface area contributed by atoms with E-state index in [1.807, 2.05) is 30.3 Å². The van der Waals surface area contributed by atoms with E-state index in [1.54, 1.807) is 6.20 Å². The highest BCUT2D eigenvalue weighted by atomic mass is 16.1. The molecule has 0 radical (unpaired) electrons. The van der Waals surface area contributed by atoms with Gasteiger partial charge in [-0.1, -0.05) is 30.3 Å². The molecule has 4 rings (SSSR count). The van der Waals surface area contributed by atoms with Crippen LogP contribution in [0.4, 0.5) is 5.95 Å². The van der Waals surface area contributed by atoms with E-state index in [4.69, 9.17) is 0 Å². The number of benzene rings is 1. The summed E-state index contributed by atoms with van der Waals surface area (Å²) in [5.41, 5.74) is 1.94. The van der Waals surface area contributed by atoms with Gasteiger partial charge in [-0.15, -0.1) is 0 Å². The SMILES string of the molecule is O=c1[nH]c2nc(NCCCN3CCCC3)ncc2nc1-c1ccccc1. The molecule has 7 heteroatoms. The number of fused-ring (bicyclic) bond motifs is 1. The zero-order valence-corrected chi connectivity index (χ0v) is 14.6. The van der Waals surface area contributed by atoms with Crippen LogP contribution in [0.2, 0.25) is 0 Å². The minimum atomic E-state index is -0.248. The molecule has 0 aliphatic carbocycles. The predicted octanol–water partition coefficient (Wildman–Crippen LogP) is 2.28. The summed E-state index contributed by atoms with van der Waals surface area (Å²) in [5.74, 6) is 0.517. The van der Waals surface area contributed by atoms with Crippen molar-refractivity contribution in [3.63, 3.8) is 0 Å². The van der Waals surface area contributed by atoms with E-state index in [0.29, 0.717) is 22.8 Å². The first-order chi connectivity index (χ1) is 12.8. The summed E-state index contributed by atoms with van der Waals surface area (Å²) in [7, 11) is 0. The molecular formula is C19H22N6O. The Kier molecular flexibility index (Phi) is 4.88. The molecule has 0 atom stereocenters. The molecule has 7 nitrogen and oxygen atoms in total. The van der Waals surface area contributed by atoms with E-state index in [9.17, 15) is 4.79 Å². The first-order valence-corrected chi connectivity index (χ1v) is 9.08. The summed E-state index contributed by atoms with van der Waals surface area (Å²) in [4.78, 5) is 30.8. The normalized spacial score (nSPS) is 14.8. The molecule has 0 spiro atoms. The number of H-pyrrole nitrogens is 1. The van der Waals surface area contributed by atoms with Gasteiger partial charge in [0.25, 0.3) is 5.56 Å². The van der Waals surface area contributed by atoms with Crippen LogP contribution in [0.5, 0.6) is 0 Å². The van der Waals surface area contributed by atoms with Gasteiger partial charge in [-0.05, 0) is 38.9 Å². The number of aromatic nitrogens is 4. The second-order valence-electron chi connectivity index (χ2n) is 6.54. The number of hydrogen-bond acceptors (Lipinski definition) is 6. The molecule has 1 aliphatic rings. The zero-order chi connectivity index (χ0) is 17.8. The van der Waals surface area contributed by atoms with Crippen molar-refractivity contribution in [2.75, 3.05) is 31.5 Å². The third kappa shape index (κ3) is 3.72. The molecule has 3 aromatic rings. The number of nitrogens with one attached hydrogen (secondary N) is 2. The average Bonchev–Trinajstić information content (AvgIpc) is 3.19. The summed E-state index contributed by atoms with van der Waals surface area (Å²) in [6.45, 7) is 4.33. The van der Waals surface area contributed by atoms with Crippen molar-refractivity contribution in [3.05, 3.63) is 46.9 Å². The molecule has 1 fully saturated rings. The first kappa shape index (κ1) is 16.7. The second kappa shape index (κ2) is 7.61. The Morgan fingerprint density at radius 2 is 1.92 bits per heavy atom. The lowest BCUT2D eigenvalue weighted by Crippen LogP contribution is -2.22. The lowest BCUT2D eigenvalue weighted by molar-refractivity contribution is 0.337. The maximum atomic E-state index is 12.3. The minimum absolute atomic E-state index is 0.248. The van der Waals surface area contributed by atoms with Crippen molar-refractivity contribution in [2.24, 2.45) is 0 Å². The smallest absolute Gasteiger partial charge is 0.276 e. The van der Waals surface area contributed by atoms with Gasteiger partial charge in [0.2, 0.25) is 5.95 Å². The van der Waals surface area contributed by atoms with Gasteiger partial charge in [-0.2, -0.15) is 4.98 Å². The van der Waals surface area contributed by atoms with Crippen LogP contribution in [0, 0.1) is 0 Å². The van der Waals surface area contributed by atoms with Crippen molar-refractivity contribution in [1.82, 2.24) is 24.8 Å². The van der Waals surface area contributed by atoms with Crippen molar-refractivity contribution < 1.29 is 0 Å². The van der Waals surface area contributed by atoms with E-state index in [1.165, 1.54) is 25.9 Å². The van der Waals surface area contributed by atoms with E-state index in [-0.39, 0.29) is 5.56 Å². The number of likely N-dealkylation sites (tertiary alicyclic amines) is 1. The third-order valence-corrected chi connectivity index (χ3v) is 4.63. The maximum absolute atomic E-state index is 12.3.